The Morgan fingerprint density at radius 3 is 2.71 bits per heavy atom. The molecule has 0 amide bonds. The summed E-state index contributed by atoms with van der Waals surface area (Å²) < 4.78 is 1.08. The third-order valence-electron chi connectivity index (χ3n) is 2.67. The van der Waals surface area contributed by atoms with E-state index < -0.39 is 4.92 Å². The Balaban J connectivity index is 2.28. The van der Waals surface area contributed by atoms with E-state index in [4.69, 9.17) is 0 Å². The van der Waals surface area contributed by atoms with Crippen molar-refractivity contribution in [3.63, 3.8) is 0 Å². The fourth-order valence-corrected chi connectivity index (χ4v) is 2.29. The van der Waals surface area contributed by atoms with Crippen LogP contribution in [-0.4, -0.2) is 16.5 Å². The fourth-order valence-electron chi connectivity index (χ4n) is 1.74. The second-order valence-corrected chi connectivity index (χ2v) is 5.66. The molecule has 0 atom stereocenters. The van der Waals surface area contributed by atoms with Crippen molar-refractivity contribution in [3.05, 3.63) is 50.1 Å². The van der Waals surface area contributed by atoms with Crippen LogP contribution in [0.25, 0.3) is 0 Å². The first-order valence-corrected chi connectivity index (χ1v) is 7.59. The molecule has 110 valence electrons. The van der Waals surface area contributed by atoms with Gasteiger partial charge in [-0.3, -0.25) is 10.1 Å². The molecule has 0 aliphatic carbocycles. The summed E-state index contributed by atoms with van der Waals surface area (Å²) in [6.45, 7) is 2.74. The average Bonchev–Trinajstić information content (AvgIpc) is 2.45. The number of hydrogen-bond acceptors (Lipinski definition) is 5. The van der Waals surface area contributed by atoms with Gasteiger partial charge in [0.25, 0.3) is 5.69 Å². The van der Waals surface area contributed by atoms with Gasteiger partial charge >= 0.3 is 0 Å². The van der Waals surface area contributed by atoms with Gasteiger partial charge in [-0.05, 0) is 47.2 Å². The van der Waals surface area contributed by atoms with E-state index in [1.165, 1.54) is 12.1 Å². The van der Waals surface area contributed by atoms with Gasteiger partial charge in [-0.1, -0.05) is 13.0 Å². The van der Waals surface area contributed by atoms with Crippen LogP contribution < -0.4 is 10.6 Å². The molecule has 0 spiro atoms. The van der Waals surface area contributed by atoms with Crippen LogP contribution in [0.5, 0.6) is 0 Å². The van der Waals surface area contributed by atoms with Crippen LogP contribution in [0.4, 0.5) is 23.0 Å². The number of anilines is 3. The van der Waals surface area contributed by atoms with E-state index >= 15 is 0 Å². The lowest BCUT2D eigenvalue weighted by Gasteiger charge is -2.09. The first kappa shape index (κ1) is 15.5. The molecule has 21 heavy (non-hydrogen) atoms. The van der Waals surface area contributed by atoms with Gasteiger partial charge in [0, 0.05) is 15.8 Å². The molecule has 2 rings (SSSR count). The van der Waals surface area contributed by atoms with E-state index in [-0.39, 0.29) is 5.69 Å². The maximum atomic E-state index is 11.0. The van der Waals surface area contributed by atoms with Gasteiger partial charge in [0.05, 0.1) is 17.1 Å². The van der Waals surface area contributed by atoms with E-state index in [9.17, 15) is 10.1 Å². The van der Waals surface area contributed by atoms with Gasteiger partial charge < -0.3 is 10.6 Å². The number of rotatable bonds is 6. The number of benzene rings is 1. The van der Waals surface area contributed by atoms with Crippen molar-refractivity contribution in [1.82, 2.24) is 4.98 Å². The average molecular weight is 398 g/mol. The maximum absolute atomic E-state index is 11.0. The summed E-state index contributed by atoms with van der Waals surface area (Å²) in [4.78, 5) is 14.9. The maximum Gasteiger partial charge on any atom is 0.276 e. The van der Waals surface area contributed by atoms with E-state index in [0.717, 1.165) is 22.2 Å². The summed E-state index contributed by atoms with van der Waals surface area (Å²) in [5.74, 6) is 0.948. The Labute approximate surface area is 136 Å². The molecule has 0 unspecified atom stereocenters. The van der Waals surface area contributed by atoms with Gasteiger partial charge in [0.1, 0.15) is 11.6 Å². The van der Waals surface area contributed by atoms with Crippen molar-refractivity contribution in [3.8, 4) is 0 Å². The number of hydrogen-bond donors (Lipinski definition) is 2. The van der Waals surface area contributed by atoms with E-state index in [1.807, 2.05) is 31.2 Å². The number of halogens is 1. The molecular weight excluding hydrogens is 383 g/mol. The zero-order chi connectivity index (χ0) is 15.2. The Morgan fingerprint density at radius 1 is 1.29 bits per heavy atom. The molecule has 0 radical (unpaired) electrons. The van der Waals surface area contributed by atoms with Gasteiger partial charge in [-0.25, -0.2) is 4.98 Å². The van der Waals surface area contributed by atoms with Crippen LogP contribution in [0.15, 0.2) is 36.4 Å². The molecule has 0 saturated heterocycles. The molecule has 0 bridgehead atoms. The van der Waals surface area contributed by atoms with Crippen molar-refractivity contribution in [2.75, 3.05) is 17.2 Å². The molecule has 7 heteroatoms. The molecule has 0 aliphatic rings. The van der Waals surface area contributed by atoms with E-state index in [2.05, 4.69) is 38.2 Å². The third-order valence-corrected chi connectivity index (χ3v) is 3.35. The lowest BCUT2D eigenvalue weighted by molar-refractivity contribution is -0.384. The van der Waals surface area contributed by atoms with Crippen LogP contribution in [0, 0.1) is 13.7 Å². The first-order chi connectivity index (χ1) is 10.1. The summed E-state index contributed by atoms with van der Waals surface area (Å²) in [5, 5.41) is 17.2. The summed E-state index contributed by atoms with van der Waals surface area (Å²) in [7, 11) is 0. The van der Waals surface area contributed by atoms with Gasteiger partial charge in [-0.2, -0.15) is 0 Å². The first-order valence-electron chi connectivity index (χ1n) is 6.51. The monoisotopic (exact) mass is 398 g/mol. The summed E-state index contributed by atoms with van der Waals surface area (Å²) in [6.07, 6.45) is 0.921. The Kier molecular flexibility index (Phi) is 5.32. The predicted molar refractivity (Wildman–Crippen MR) is 92.1 cm³/mol. The molecule has 6 nitrogen and oxygen atoms in total. The van der Waals surface area contributed by atoms with Crippen molar-refractivity contribution in [1.29, 1.82) is 0 Å². The van der Waals surface area contributed by atoms with E-state index in [0.29, 0.717) is 11.6 Å². The topological polar surface area (TPSA) is 80.1 Å². The Hall–Kier alpha value is -1.90. The molecule has 0 fully saturated rings. The molecule has 1 aromatic heterocycles. The largest absolute Gasteiger partial charge is 0.370 e. The van der Waals surface area contributed by atoms with Crippen LogP contribution in [0.2, 0.25) is 0 Å². The van der Waals surface area contributed by atoms with Crippen molar-refractivity contribution < 1.29 is 4.92 Å². The highest BCUT2D eigenvalue weighted by Crippen LogP contribution is 2.24. The SMILES string of the molecule is CCCNc1cc([N+](=O)[O-])cc(Nc2cccc(I)c2)n1. The lowest BCUT2D eigenvalue weighted by Crippen LogP contribution is -2.05. The number of aromatic nitrogens is 1. The Morgan fingerprint density at radius 2 is 2.05 bits per heavy atom. The van der Waals surface area contributed by atoms with Crippen molar-refractivity contribution >= 4 is 45.6 Å². The number of nitro groups is 1. The van der Waals surface area contributed by atoms with Crippen LogP contribution in [-0.2, 0) is 0 Å². The summed E-state index contributed by atoms with van der Waals surface area (Å²) in [6, 6.07) is 10.6. The normalized spacial score (nSPS) is 10.2. The molecule has 1 heterocycles. The highest BCUT2D eigenvalue weighted by molar-refractivity contribution is 14.1. The van der Waals surface area contributed by atoms with Gasteiger partial charge in [0.2, 0.25) is 0 Å². The van der Waals surface area contributed by atoms with Crippen molar-refractivity contribution in [2.24, 2.45) is 0 Å². The third kappa shape index (κ3) is 4.55. The highest BCUT2D eigenvalue weighted by atomic mass is 127. The van der Waals surface area contributed by atoms with E-state index in [1.54, 1.807) is 0 Å². The summed E-state index contributed by atoms with van der Waals surface area (Å²) in [5.41, 5.74) is 0.855. The molecular formula is C14H15IN4O2. The standard InChI is InChI=1S/C14H15IN4O2/c1-2-6-16-13-8-12(19(20)21)9-14(18-13)17-11-5-3-4-10(15)7-11/h3-5,7-9H,2,6H2,1H3,(H2,16,17,18). The fraction of sp³-hybridized carbons (Fsp3) is 0.214. The molecule has 0 aliphatic heterocycles. The molecule has 1 aromatic carbocycles. The van der Waals surface area contributed by atoms with Gasteiger partial charge in [-0.15, -0.1) is 0 Å². The zero-order valence-corrected chi connectivity index (χ0v) is 13.6. The second-order valence-electron chi connectivity index (χ2n) is 4.42. The molecule has 2 N–H and O–H groups in total. The number of nitrogens with zero attached hydrogens (tertiary/aromatic N) is 2. The highest BCUT2D eigenvalue weighted by Gasteiger charge is 2.11. The van der Waals surface area contributed by atoms with Crippen LogP contribution in [0.1, 0.15) is 13.3 Å². The minimum atomic E-state index is -0.418. The second kappa shape index (κ2) is 7.21. The van der Waals surface area contributed by atoms with Gasteiger partial charge in [0.15, 0.2) is 0 Å². The molecule has 2 aromatic rings. The zero-order valence-electron chi connectivity index (χ0n) is 11.5. The quantitative estimate of drug-likeness (QED) is 0.434. The van der Waals surface area contributed by atoms with Crippen LogP contribution >= 0.6 is 22.6 Å². The minimum Gasteiger partial charge on any atom is -0.370 e. The number of nitrogens with one attached hydrogen (secondary N) is 2. The smallest absolute Gasteiger partial charge is 0.276 e. The predicted octanol–water partition coefficient (Wildman–Crippen LogP) is 4.16. The minimum absolute atomic E-state index is 0.0109. The number of pyridine rings is 1. The Bertz CT molecular complexity index is 649. The summed E-state index contributed by atoms with van der Waals surface area (Å²) >= 11 is 2.21. The lowest BCUT2D eigenvalue weighted by atomic mass is 10.3. The van der Waals surface area contributed by atoms with Crippen molar-refractivity contribution in [2.45, 2.75) is 13.3 Å². The van der Waals surface area contributed by atoms with Crippen LogP contribution in [0.3, 0.4) is 0 Å². The molecule has 0 saturated carbocycles.